The Morgan fingerprint density at radius 3 is 2.03 bits per heavy atom. The molecule has 5 rings (SSSR count). The molecule has 11 nitrogen and oxygen atoms in total. The predicted molar refractivity (Wildman–Crippen MR) is 138 cm³/mol. The maximum absolute atomic E-state index is 13.7. The van der Waals surface area contributed by atoms with Gasteiger partial charge in [-0.1, -0.05) is 22.0 Å². The molecule has 38 heavy (non-hydrogen) atoms. The second-order valence-corrected chi connectivity index (χ2v) is 9.39. The molecule has 0 bridgehead atoms. The van der Waals surface area contributed by atoms with E-state index in [1.165, 1.54) is 38.4 Å². The van der Waals surface area contributed by atoms with E-state index >= 15 is 0 Å². The second kappa shape index (κ2) is 9.45. The number of nitrogens with zero attached hydrogens (tertiary/aromatic N) is 3. The van der Waals surface area contributed by atoms with Crippen LogP contribution in [0.4, 0.5) is 11.4 Å². The minimum absolute atomic E-state index is 0.122. The molecular weight excluding hydrogens is 562 g/mol. The number of methoxy groups -OCH3 is 3. The molecule has 2 aliphatic rings. The normalized spacial score (nSPS) is 18.3. The molecule has 12 heteroatoms. The van der Waals surface area contributed by atoms with Crippen LogP contribution >= 0.6 is 15.9 Å². The summed E-state index contributed by atoms with van der Waals surface area (Å²) in [4.78, 5) is 53.7. The fourth-order valence-corrected chi connectivity index (χ4v) is 5.17. The van der Waals surface area contributed by atoms with Crippen molar-refractivity contribution in [2.45, 2.75) is 12.1 Å². The highest BCUT2D eigenvalue weighted by molar-refractivity contribution is 9.10. The van der Waals surface area contributed by atoms with Crippen molar-refractivity contribution in [1.82, 2.24) is 4.90 Å². The van der Waals surface area contributed by atoms with Crippen molar-refractivity contribution in [2.24, 2.45) is 0 Å². The number of imide groups is 1. The number of ether oxygens (including phenoxy) is 3. The number of fused-ring (bicyclic) bond motifs is 1. The van der Waals surface area contributed by atoms with Crippen LogP contribution in [-0.4, -0.2) is 54.9 Å². The van der Waals surface area contributed by atoms with Crippen LogP contribution in [0.25, 0.3) is 0 Å². The van der Waals surface area contributed by atoms with Crippen LogP contribution < -0.4 is 19.1 Å². The number of carbonyl (C=O) groups excluding carboxylic acids is 3. The molecule has 0 spiro atoms. The number of hydrogen-bond donors (Lipinski definition) is 0. The molecule has 0 N–H and O–H groups in total. The Balaban J connectivity index is 1.66. The number of amides is 3. The first-order valence-corrected chi connectivity index (χ1v) is 12.1. The molecule has 1 saturated heterocycles. The predicted octanol–water partition coefficient (Wildman–Crippen LogP) is 4.14. The zero-order valence-corrected chi connectivity index (χ0v) is 21.9. The molecule has 1 fully saturated rings. The number of benzene rings is 3. The van der Waals surface area contributed by atoms with Crippen molar-refractivity contribution < 1.29 is 33.5 Å². The van der Waals surface area contributed by atoms with Gasteiger partial charge in [0.25, 0.3) is 23.4 Å². The van der Waals surface area contributed by atoms with Gasteiger partial charge in [0.15, 0.2) is 11.5 Å². The van der Waals surface area contributed by atoms with Crippen LogP contribution in [0.1, 0.15) is 32.3 Å². The zero-order chi connectivity index (χ0) is 27.3. The van der Waals surface area contributed by atoms with E-state index < -0.39 is 40.4 Å². The third-order valence-corrected chi connectivity index (χ3v) is 7.13. The van der Waals surface area contributed by atoms with Crippen molar-refractivity contribution in [3.05, 3.63) is 85.9 Å². The number of carbonyl (C=O) groups is 3. The van der Waals surface area contributed by atoms with Crippen molar-refractivity contribution in [1.29, 1.82) is 0 Å². The molecule has 3 aromatic rings. The highest BCUT2D eigenvalue weighted by atomic mass is 79.9. The van der Waals surface area contributed by atoms with Gasteiger partial charge in [-0.2, -0.15) is 0 Å². The third kappa shape index (κ3) is 3.67. The number of halogens is 1. The van der Waals surface area contributed by atoms with Gasteiger partial charge in [0.2, 0.25) is 5.75 Å². The van der Waals surface area contributed by atoms with Gasteiger partial charge in [-0.05, 0) is 48.0 Å². The van der Waals surface area contributed by atoms with Gasteiger partial charge in [-0.25, -0.2) is 0 Å². The van der Waals surface area contributed by atoms with E-state index in [9.17, 15) is 24.5 Å². The Hall–Kier alpha value is -4.45. The van der Waals surface area contributed by atoms with E-state index in [1.807, 2.05) is 0 Å². The van der Waals surface area contributed by atoms with Crippen LogP contribution in [0, 0.1) is 10.1 Å². The molecule has 0 saturated carbocycles. The highest BCUT2D eigenvalue weighted by Gasteiger charge is 2.58. The van der Waals surface area contributed by atoms with Crippen LogP contribution in [-0.2, 0) is 4.79 Å². The summed E-state index contributed by atoms with van der Waals surface area (Å²) in [5.74, 6) is -1.25. The topological polar surface area (TPSA) is 129 Å². The highest BCUT2D eigenvalue weighted by Crippen LogP contribution is 2.48. The number of hydrogen-bond acceptors (Lipinski definition) is 8. The maximum Gasteiger partial charge on any atom is 0.282 e. The number of nitro groups is 1. The van der Waals surface area contributed by atoms with E-state index in [1.54, 1.807) is 36.4 Å². The van der Waals surface area contributed by atoms with Crippen molar-refractivity contribution in [2.75, 3.05) is 26.2 Å². The Kier molecular flexibility index (Phi) is 6.27. The van der Waals surface area contributed by atoms with Crippen LogP contribution in [0.5, 0.6) is 17.2 Å². The Morgan fingerprint density at radius 2 is 1.47 bits per heavy atom. The van der Waals surface area contributed by atoms with E-state index in [0.717, 1.165) is 15.4 Å². The van der Waals surface area contributed by atoms with Gasteiger partial charge in [-0.3, -0.25) is 29.4 Å². The Labute approximate surface area is 224 Å². The lowest BCUT2D eigenvalue weighted by Crippen LogP contribution is -2.67. The van der Waals surface area contributed by atoms with Gasteiger partial charge in [0, 0.05) is 16.2 Å². The Morgan fingerprint density at radius 1 is 0.842 bits per heavy atom. The third-order valence-electron chi connectivity index (χ3n) is 6.60. The largest absolute Gasteiger partial charge is 0.493 e. The summed E-state index contributed by atoms with van der Waals surface area (Å²) in [6.07, 6.45) is 0. The van der Waals surface area contributed by atoms with Gasteiger partial charge in [-0.15, -0.1) is 0 Å². The summed E-state index contributed by atoms with van der Waals surface area (Å²) >= 11 is 3.38. The van der Waals surface area contributed by atoms with E-state index in [-0.39, 0.29) is 11.1 Å². The lowest BCUT2D eigenvalue weighted by Gasteiger charge is -2.49. The first-order chi connectivity index (χ1) is 18.2. The first-order valence-electron chi connectivity index (χ1n) is 11.3. The van der Waals surface area contributed by atoms with E-state index in [2.05, 4.69) is 15.9 Å². The number of rotatable bonds is 7. The summed E-state index contributed by atoms with van der Waals surface area (Å²) in [5.41, 5.74) is 0.0712. The monoisotopic (exact) mass is 581 g/mol. The number of β-lactam (4-membered cyclic amide) rings is 1. The quantitative estimate of drug-likeness (QED) is 0.176. The fraction of sp³-hybridized carbons (Fsp3) is 0.192. The smallest absolute Gasteiger partial charge is 0.282 e. The molecular formula is C26H20BrN3O8. The second-order valence-electron chi connectivity index (χ2n) is 8.47. The molecule has 0 aliphatic carbocycles. The van der Waals surface area contributed by atoms with Crippen LogP contribution in [0.15, 0.2) is 59.1 Å². The maximum atomic E-state index is 13.7. The molecule has 194 valence electrons. The van der Waals surface area contributed by atoms with Crippen molar-refractivity contribution >= 4 is 45.0 Å². The Bertz CT molecular complexity index is 1480. The molecule has 0 unspecified atom stereocenters. The van der Waals surface area contributed by atoms with E-state index in [4.69, 9.17) is 14.2 Å². The number of anilines is 1. The van der Waals surface area contributed by atoms with Gasteiger partial charge < -0.3 is 19.1 Å². The minimum Gasteiger partial charge on any atom is -0.493 e. The first kappa shape index (κ1) is 25.2. The lowest BCUT2D eigenvalue weighted by atomic mass is 9.86. The lowest BCUT2D eigenvalue weighted by molar-refractivity contribution is -0.385. The van der Waals surface area contributed by atoms with E-state index in [0.29, 0.717) is 28.5 Å². The average Bonchev–Trinajstić information content (AvgIpc) is 3.16. The minimum atomic E-state index is -1.27. The molecule has 3 amide bonds. The molecule has 3 aromatic carbocycles. The molecule has 0 aromatic heterocycles. The summed E-state index contributed by atoms with van der Waals surface area (Å²) in [6.45, 7) is 0. The van der Waals surface area contributed by atoms with Gasteiger partial charge in [0.1, 0.15) is 11.6 Å². The summed E-state index contributed by atoms with van der Waals surface area (Å²) in [6, 6.07) is 11.9. The van der Waals surface area contributed by atoms with Crippen LogP contribution in [0.2, 0.25) is 0 Å². The molecule has 0 radical (unpaired) electrons. The fourth-order valence-electron chi connectivity index (χ4n) is 4.91. The average molecular weight is 582 g/mol. The molecule has 2 atom stereocenters. The van der Waals surface area contributed by atoms with Crippen molar-refractivity contribution in [3.63, 3.8) is 0 Å². The summed E-state index contributed by atoms with van der Waals surface area (Å²) < 4.78 is 17.2. The van der Waals surface area contributed by atoms with Crippen LogP contribution in [0.3, 0.4) is 0 Å². The SMILES string of the molecule is COc1cc([C@H]2[C@H](N3C(=O)c4cccc([N+](=O)[O-])c4C3=O)C(=O)N2c2ccc(Br)cc2)cc(OC)c1OC. The zero-order valence-electron chi connectivity index (χ0n) is 20.3. The van der Waals surface area contributed by atoms with Gasteiger partial charge in [0.05, 0.1) is 37.9 Å². The standard InChI is InChI=1S/C26H20BrN3O8/c1-36-18-11-13(12-19(37-2)23(18)38-3)21-22(26(33)28(21)15-9-7-14(27)8-10-15)29-24(31)16-5-4-6-17(30(34)35)20(16)25(29)32/h4-12,21-22H,1-3H3/t21-,22-/m0/s1. The summed E-state index contributed by atoms with van der Waals surface area (Å²) in [7, 11) is 4.34. The van der Waals surface area contributed by atoms with Crippen molar-refractivity contribution in [3.8, 4) is 17.2 Å². The number of nitro benzene ring substituents is 1. The van der Waals surface area contributed by atoms with Gasteiger partial charge >= 0.3 is 0 Å². The summed E-state index contributed by atoms with van der Waals surface area (Å²) in [5, 5.41) is 11.6. The molecule has 2 heterocycles. The molecule has 2 aliphatic heterocycles.